The normalized spacial score (nSPS) is 13.6. The van der Waals surface area contributed by atoms with Gasteiger partial charge in [0, 0.05) is 4.47 Å². The van der Waals surface area contributed by atoms with E-state index in [0.29, 0.717) is 5.56 Å². The van der Waals surface area contributed by atoms with Gasteiger partial charge in [-0.2, -0.15) is 0 Å². The van der Waals surface area contributed by atoms with Gasteiger partial charge >= 0.3 is 5.97 Å². The largest absolute Gasteiger partial charge is 0.481 e. The van der Waals surface area contributed by atoms with Crippen LogP contribution in [0.15, 0.2) is 28.7 Å². The third kappa shape index (κ3) is 3.04. The minimum absolute atomic E-state index is 0.596. The smallest absolute Gasteiger partial charge is 0.313 e. The molecule has 82 valence electrons. The maximum absolute atomic E-state index is 11.1. The molecule has 0 spiro atoms. The van der Waals surface area contributed by atoms with Crippen molar-refractivity contribution in [1.29, 1.82) is 0 Å². The molecule has 0 aliphatic heterocycles. The Morgan fingerprint density at radius 1 is 1.33 bits per heavy atom. The molecule has 0 heterocycles. The summed E-state index contributed by atoms with van der Waals surface area (Å²) in [6.07, 6.45) is 0. The lowest BCUT2D eigenvalue weighted by Gasteiger charge is -2.26. The fraction of sp³-hybridized carbons (Fsp3) is 0.364. The minimum atomic E-state index is -1.28. The lowest BCUT2D eigenvalue weighted by atomic mass is 9.85. The Hall–Kier alpha value is -0.870. The van der Waals surface area contributed by atoms with Crippen LogP contribution in [0.25, 0.3) is 0 Å². The highest BCUT2D eigenvalue weighted by Gasteiger charge is 2.34. The predicted molar refractivity (Wildman–Crippen MR) is 60.8 cm³/mol. The first-order chi connectivity index (χ1) is 6.82. The number of halogens is 1. The first-order valence-electron chi connectivity index (χ1n) is 4.53. The first kappa shape index (κ1) is 12.2. The van der Waals surface area contributed by atoms with E-state index in [1.807, 2.05) is 0 Å². The summed E-state index contributed by atoms with van der Waals surface area (Å²) in [5.41, 5.74) is -0.683. The maximum atomic E-state index is 11.1. The number of carboxylic acid groups (broad SMARTS) is 1. The van der Waals surface area contributed by atoms with Gasteiger partial charge in [-0.25, -0.2) is 0 Å². The summed E-state index contributed by atoms with van der Waals surface area (Å²) in [6.45, 7) is 2.99. The van der Waals surface area contributed by atoms with E-state index in [-0.39, 0.29) is 0 Å². The SMILES string of the molecule is CC(C)(O)C(C(=O)O)c1ccc(Br)cc1. The van der Waals surface area contributed by atoms with Crippen LogP contribution in [0.5, 0.6) is 0 Å². The molecule has 0 aliphatic rings. The van der Waals surface area contributed by atoms with Crippen LogP contribution in [0.4, 0.5) is 0 Å². The highest BCUT2D eigenvalue weighted by atomic mass is 79.9. The fourth-order valence-corrected chi connectivity index (χ4v) is 1.77. The molecule has 1 aromatic rings. The van der Waals surface area contributed by atoms with E-state index < -0.39 is 17.5 Å². The van der Waals surface area contributed by atoms with Crippen molar-refractivity contribution in [3.63, 3.8) is 0 Å². The molecule has 0 aliphatic carbocycles. The molecule has 3 nitrogen and oxygen atoms in total. The van der Waals surface area contributed by atoms with Crippen LogP contribution in [0.2, 0.25) is 0 Å². The van der Waals surface area contributed by atoms with Crippen molar-refractivity contribution < 1.29 is 15.0 Å². The zero-order valence-electron chi connectivity index (χ0n) is 8.57. The van der Waals surface area contributed by atoms with Crippen molar-refractivity contribution in [2.45, 2.75) is 25.4 Å². The molecule has 0 aromatic heterocycles. The molecule has 0 fully saturated rings. The number of carboxylic acids is 1. The molecule has 15 heavy (non-hydrogen) atoms. The number of hydrogen-bond acceptors (Lipinski definition) is 2. The van der Waals surface area contributed by atoms with Crippen LogP contribution in [-0.4, -0.2) is 21.8 Å². The van der Waals surface area contributed by atoms with Crippen molar-refractivity contribution in [2.75, 3.05) is 0 Å². The Morgan fingerprint density at radius 3 is 2.13 bits per heavy atom. The molecule has 1 aromatic carbocycles. The molecule has 1 atom stereocenters. The second-order valence-electron chi connectivity index (χ2n) is 3.98. The maximum Gasteiger partial charge on any atom is 0.313 e. The van der Waals surface area contributed by atoms with Crippen LogP contribution >= 0.6 is 15.9 Å². The van der Waals surface area contributed by atoms with Gasteiger partial charge in [0.2, 0.25) is 0 Å². The molecule has 0 radical (unpaired) electrons. The van der Waals surface area contributed by atoms with Gasteiger partial charge < -0.3 is 10.2 Å². The second-order valence-corrected chi connectivity index (χ2v) is 4.89. The summed E-state index contributed by atoms with van der Waals surface area (Å²) in [5.74, 6) is -1.93. The summed E-state index contributed by atoms with van der Waals surface area (Å²) in [4.78, 5) is 11.1. The third-order valence-corrected chi connectivity index (χ3v) is 2.69. The topological polar surface area (TPSA) is 57.5 Å². The number of aliphatic hydroxyl groups is 1. The van der Waals surface area contributed by atoms with Crippen LogP contribution in [0.3, 0.4) is 0 Å². The molecular weight excluding hydrogens is 260 g/mol. The Bertz CT molecular complexity index is 351. The summed E-state index contributed by atoms with van der Waals surface area (Å²) < 4.78 is 0.881. The van der Waals surface area contributed by atoms with Gasteiger partial charge in [-0.3, -0.25) is 4.79 Å². The van der Waals surface area contributed by atoms with Crippen molar-refractivity contribution in [3.05, 3.63) is 34.3 Å². The molecular formula is C11H13BrO3. The molecule has 0 bridgehead atoms. The second kappa shape index (κ2) is 4.33. The van der Waals surface area contributed by atoms with Gasteiger partial charge in [0.25, 0.3) is 0 Å². The van der Waals surface area contributed by atoms with E-state index >= 15 is 0 Å². The fourth-order valence-electron chi connectivity index (χ4n) is 1.51. The minimum Gasteiger partial charge on any atom is -0.481 e. The number of carbonyl (C=O) groups is 1. The molecule has 4 heteroatoms. The number of rotatable bonds is 3. The zero-order valence-corrected chi connectivity index (χ0v) is 10.2. The first-order valence-corrected chi connectivity index (χ1v) is 5.32. The zero-order chi connectivity index (χ0) is 11.6. The van der Waals surface area contributed by atoms with Crippen LogP contribution in [0.1, 0.15) is 25.3 Å². The summed E-state index contributed by atoms with van der Waals surface area (Å²) in [7, 11) is 0. The van der Waals surface area contributed by atoms with E-state index in [1.54, 1.807) is 24.3 Å². The van der Waals surface area contributed by atoms with Gasteiger partial charge in [-0.1, -0.05) is 28.1 Å². The van der Waals surface area contributed by atoms with E-state index in [1.165, 1.54) is 13.8 Å². The number of hydrogen-bond donors (Lipinski definition) is 2. The number of benzene rings is 1. The monoisotopic (exact) mass is 272 g/mol. The van der Waals surface area contributed by atoms with E-state index in [0.717, 1.165) is 4.47 Å². The third-order valence-electron chi connectivity index (χ3n) is 2.16. The summed E-state index contributed by atoms with van der Waals surface area (Å²) >= 11 is 3.27. The van der Waals surface area contributed by atoms with Crippen LogP contribution < -0.4 is 0 Å². The van der Waals surface area contributed by atoms with Crippen molar-refractivity contribution in [1.82, 2.24) is 0 Å². The van der Waals surface area contributed by atoms with Gasteiger partial charge in [0.15, 0.2) is 0 Å². The molecule has 0 amide bonds. The van der Waals surface area contributed by atoms with Crippen molar-refractivity contribution >= 4 is 21.9 Å². The van der Waals surface area contributed by atoms with Crippen molar-refractivity contribution in [2.24, 2.45) is 0 Å². The van der Waals surface area contributed by atoms with Crippen LogP contribution in [-0.2, 0) is 4.79 Å². The average molecular weight is 273 g/mol. The Balaban J connectivity index is 3.11. The van der Waals surface area contributed by atoms with Crippen molar-refractivity contribution in [3.8, 4) is 0 Å². The predicted octanol–water partition coefficient (Wildman–Crippen LogP) is 2.39. The number of aliphatic carboxylic acids is 1. The van der Waals surface area contributed by atoms with E-state index in [4.69, 9.17) is 5.11 Å². The molecule has 1 rings (SSSR count). The lowest BCUT2D eigenvalue weighted by molar-refractivity contribution is -0.144. The Kier molecular flexibility index (Phi) is 3.52. The molecule has 2 N–H and O–H groups in total. The Morgan fingerprint density at radius 2 is 1.80 bits per heavy atom. The standard InChI is InChI=1S/C11H13BrO3/c1-11(2,15)9(10(13)14)7-3-5-8(12)6-4-7/h3-6,9,15H,1-2H3,(H,13,14). The highest BCUT2D eigenvalue weighted by molar-refractivity contribution is 9.10. The van der Waals surface area contributed by atoms with E-state index in [9.17, 15) is 9.90 Å². The summed E-state index contributed by atoms with van der Waals surface area (Å²) in [5, 5.41) is 18.8. The molecule has 1 unspecified atom stereocenters. The van der Waals surface area contributed by atoms with Gasteiger partial charge in [-0.05, 0) is 31.5 Å². The molecule has 0 saturated heterocycles. The lowest BCUT2D eigenvalue weighted by Crippen LogP contribution is -2.34. The van der Waals surface area contributed by atoms with Gasteiger partial charge in [-0.15, -0.1) is 0 Å². The summed E-state index contributed by atoms with van der Waals surface area (Å²) in [6, 6.07) is 6.91. The van der Waals surface area contributed by atoms with Gasteiger partial charge in [0.1, 0.15) is 5.92 Å². The quantitative estimate of drug-likeness (QED) is 0.889. The highest BCUT2D eigenvalue weighted by Crippen LogP contribution is 2.29. The molecule has 0 saturated carbocycles. The Labute approximate surface area is 96.9 Å². The van der Waals surface area contributed by atoms with E-state index in [2.05, 4.69) is 15.9 Å². The van der Waals surface area contributed by atoms with Gasteiger partial charge in [0.05, 0.1) is 5.60 Å². The van der Waals surface area contributed by atoms with Crippen LogP contribution in [0, 0.1) is 0 Å². The average Bonchev–Trinajstić information content (AvgIpc) is 2.05.